The molecular weight excluding hydrogens is 208 g/mol. The maximum atomic E-state index is 10.8. The minimum Gasteiger partial charge on any atom is -0.281 e. The van der Waals surface area contributed by atoms with Crippen molar-refractivity contribution in [1.82, 2.24) is 0 Å². The first-order chi connectivity index (χ1) is 7.00. The molecule has 0 aromatic heterocycles. The zero-order valence-electron chi connectivity index (χ0n) is 9.46. The summed E-state index contributed by atoms with van der Waals surface area (Å²) >= 11 is 5.37. The van der Waals surface area contributed by atoms with Crippen LogP contribution in [-0.4, -0.2) is 5.24 Å². The Bertz CT molecular complexity index is 344. The maximum Gasteiger partial charge on any atom is 0.226 e. The molecule has 1 atom stereocenters. The van der Waals surface area contributed by atoms with Gasteiger partial charge in [0.15, 0.2) is 0 Å². The molecule has 82 valence electrons. The van der Waals surface area contributed by atoms with Gasteiger partial charge in [-0.1, -0.05) is 45.0 Å². The van der Waals surface area contributed by atoms with Gasteiger partial charge in [0.1, 0.15) is 0 Å². The number of carbonyl (C=O) groups excluding carboxylic acids is 1. The SMILES string of the molecule is CC(C)C(C)c1cccc(CC(=O)Cl)c1. The molecule has 1 unspecified atom stereocenters. The van der Waals surface area contributed by atoms with Gasteiger partial charge in [-0.2, -0.15) is 0 Å². The lowest BCUT2D eigenvalue weighted by Gasteiger charge is -2.16. The van der Waals surface area contributed by atoms with Gasteiger partial charge in [0.2, 0.25) is 5.24 Å². The Morgan fingerprint density at radius 3 is 2.53 bits per heavy atom. The van der Waals surface area contributed by atoms with Crippen LogP contribution in [-0.2, 0) is 11.2 Å². The summed E-state index contributed by atoms with van der Waals surface area (Å²) in [5, 5.41) is -0.302. The van der Waals surface area contributed by atoms with E-state index in [1.807, 2.05) is 12.1 Å². The molecule has 1 aromatic carbocycles. The molecule has 2 heteroatoms. The Balaban J connectivity index is 2.87. The zero-order chi connectivity index (χ0) is 11.4. The summed E-state index contributed by atoms with van der Waals surface area (Å²) in [4.78, 5) is 10.8. The van der Waals surface area contributed by atoms with E-state index in [1.54, 1.807) is 0 Å². The number of hydrogen-bond acceptors (Lipinski definition) is 1. The number of halogens is 1. The van der Waals surface area contributed by atoms with Crippen molar-refractivity contribution in [2.75, 3.05) is 0 Å². The summed E-state index contributed by atoms with van der Waals surface area (Å²) in [6, 6.07) is 8.11. The van der Waals surface area contributed by atoms with Gasteiger partial charge >= 0.3 is 0 Å². The highest BCUT2D eigenvalue weighted by Crippen LogP contribution is 2.24. The molecule has 1 rings (SSSR count). The molecule has 0 aliphatic rings. The van der Waals surface area contributed by atoms with Crippen molar-refractivity contribution >= 4 is 16.8 Å². The molecule has 0 heterocycles. The average Bonchev–Trinajstić information content (AvgIpc) is 2.16. The first-order valence-corrected chi connectivity index (χ1v) is 5.65. The Kier molecular flexibility index (Phi) is 4.34. The molecule has 1 aromatic rings. The summed E-state index contributed by atoms with van der Waals surface area (Å²) < 4.78 is 0. The van der Waals surface area contributed by atoms with Crippen LogP contribution in [0.4, 0.5) is 0 Å². The largest absolute Gasteiger partial charge is 0.281 e. The average molecular weight is 225 g/mol. The molecule has 0 N–H and O–H groups in total. The van der Waals surface area contributed by atoms with Gasteiger partial charge in [0.05, 0.1) is 0 Å². The van der Waals surface area contributed by atoms with E-state index in [4.69, 9.17) is 11.6 Å². The molecule has 0 saturated carbocycles. The summed E-state index contributed by atoms with van der Waals surface area (Å²) in [5.41, 5.74) is 2.28. The van der Waals surface area contributed by atoms with Gasteiger partial charge in [-0.25, -0.2) is 0 Å². The second-order valence-electron chi connectivity index (χ2n) is 4.31. The quantitative estimate of drug-likeness (QED) is 0.712. The maximum absolute atomic E-state index is 10.8. The Labute approximate surface area is 96.5 Å². The second-order valence-corrected chi connectivity index (χ2v) is 4.73. The monoisotopic (exact) mass is 224 g/mol. The fourth-order valence-electron chi connectivity index (χ4n) is 1.53. The molecule has 0 saturated heterocycles. The van der Waals surface area contributed by atoms with Gasteiger partial charge in [0, 0.05) is 6.42 Å². The Hall–Kier alpha value is -0.820. The second kappa shape index (κ2) is 5.32. The molecular formula is C13H17ClO. The molecule has 0 bridgehead atoms. The van der Waals surface area contributed by atoms with Crippen molar-refractivity contribution in [1.29, 1.82) is 0 Å². The van der Waals surface area contributed by atoms with Gasteiger partial charge in [-0.05, 0) is 34.6 Å². The zero-order valence-corrected chi connectivity index (χ0v) is 10.2. The van der Waals surface area contributed by atoms with Gasteiger partial charge in [0.25, 0.3) is 0 Å². The van der Waals surface area contributed by atoms with E-state index >= 15 is 0 Å². The molecule has 0 aliphatic carbocycles. The minimum absolute atomic E-state index is 0.302. The third-order valence-electron chi connectivity index (χ3n) is 2.82. The Morgan fingerprint density at radius 2 is 2.00 bits per heavy atom. The Morgan fingerprint density at radius 1 is 1.33 bits per heavy atom. The number of rotatable bonds is 4. The van der Waals surface area contributed by atoms with E-state index in [2.05, 4.69) is 32.9 Å². The van der Waals surface area contributed by atoms with E-state index < -0.39 is 0 Å². The lowest BCUT2D eigenvalue weighted by atomic mass is 9.89. The first kappa shape index (κ1) is 12.3. The molecule has 15 heavy (non-hydrogen) atoms. The van der Waals surface area contributed by atoms with Crippen LogP contribution in [0, 0.1) is 5.92 Å². The van der Waals surface area contributed by atoms with Gasteiger partial charge < -0.3 is 0 Å². The van der Waals surface area contributed by atoms with Crippen molar-refractivity contribution in [3.8, 4) is 0 Å². The van der Waals surface area contributed by atoms with Crippen LogP contribution in [0.15, 0.2) is 24.3 Å². The smallest absolute Gasteiger partial charge is 0.226 e. The highest BCUT2D eigenvalue weighted by Gasteiger charge is 2.10. The lowest BCUT2D eigenvalue weighted by Crippen LogP contribution is -2.03. The van der Waals surface area contributed by atoms with Crippen LogP contribution in [0.25, 0.3) is 0 Å². The van der Waals surface area contributed by atoms with E-state index in [1.165, 1.54) is 5.56 Å². The topological polar surface area (TPSA) is 17.1 Å². The fraction of sp³-hybridized carbons (Fsp3) is 0.462. The van der Waals surface area contributed by atoms with Gasteiger partial charge in [-0.15, -0.1) is 0 Å². The van der Waals surface area contributed by atoms with Crippen LogP contribution in [0.2, 0.25) is 0 Å². The first-order valence-electron chi connectivity index (χ1n) is 5.28. The number of benzene rings is 1. The summed E-state index contributed by atoms with van der Waals surface area (Å²) in [7, 11) is 0. The van der Waals surface area contributed by atoms with Crippen LogP contribution in [0.5, 0.6) is 0 Å². The molecule has 0 aliphatic heterocycles. The predicted octanol–water partition coefficient (Wildman–Crippen LogP) is 3.75. The number of hydrogen-bond donors (Lipinski definition) is 0. The third-order valence-corrected chi connectivity index (χ3v) is 2.95. The number of carbonyl (C=O) groups is 1. The molecule has 0 amide bonds. The van der Waals surface area contributed by atoms with Crippen molar-refractivity contribution in [2.24, 2.45) is 5.92 Å². The fourth-order valence-corrected chi connectivity index (χ4v) is 1.69. The van der Waals surface area contributed by atoms with Crippen molar-refractivity contribution in [2.45, 2.75) is 33.1 Å². The van der Waals surface area contributed by atoms with Crippen LogP contribution < -0.4 is 0 Å². The lowest BCUT2D eigenvalue weighted by molar-refractivity contribution is -0.111. The molecule has 0 fully saturated rings. The van der Waals surface area contributed by atoms with Crippen LogP contribution in [0.1, 0.15) is 37.8 Å². The van der Waals surface area contributed by atoms with Crippen molar-refractivity contribution < 1.29 is 4.79 Å². The standard InChI is InChI=1S/C13H17ClO/c1-9(2)10(3)12-6-4-5-11(7-12)8-13(14)15/h4-7,9-10H,8H2,1-3H3. The van der Waals surface area contributed by atoms with Crippen molar-refractivity contribution in [3.05, 3.63) is 35.4 Å². The summed E-state index contributed by atoms with van der Waals surface area (Å²) in [6.07, 6.45) is 0.320. The normalized spacial score (nSPS) is 12.9. The molecule has 0 spiro atoms. The highest BCUT2D eigenvalue weighted by atomic mass is 35.5. The summed E-state index contributed by atoms with van der Waals surface area (Å²) in [5.74, 6) is 1.11. The van der Waals surface area contributed by atoms with Gasteiger partial charge in [-0.3, -0.25) is 4.79 Å². The van der Waals surface area contributed by atoms with Crippen molar-refractivity contribution in [3.63, 3.8) is 0 Å². The molecule has 0 radical (unpaired) electrons. The van der Waals surface area contributed by atoms with Crippen LogP contribution >= 0.6 is 11.6 Å². The highest BCUT2D eigenvalue weighted by molar-refractivity contribution is 6.63. The van der Waals surface area contributed by atoms with E-state index in [9.17, 15) is 4.79 Å². The minimum atomic E-state index is -0.302. The van der Waals surface area contributed by atoms with E-state index in [0.29, 0.717) is 18.3 Å². The van der Waals surface area contributed by atoms with Crippen LogP contribution in [0.3, 0.4) is 0 Å². The summed E-state index contributed by atoms with van der Waals surface area (Å²) in [6.45, 7) is 6.60. The van der Waals surface area contributed by atoms with E-state index in [-0.39, 0.29) is 5.24 Å². The predicted molar refractivity (Wildman–Crippen MR) is 64.3 cm³/mol. The van der Waals surface area contributed by atoms with E-state index in [0.717, 1.165) is 5.56 Å². The third kappa shape index (κ3) is 3.67. The molecule has 1 nitrogen and oxygen atoms in total.